The lowest BCUT2D eigenvalue weighted by Crippen LogP contribution is -2.39. The third-order valence-corrected chi connectivity index (χ3v) is 6.03. The summed E-state index contributed by atoms with van der Waals surface area (Å²) in [5, 5.41) is 12.0. The summed E-state index contributed by atoms with van der Waals surface area (Å²) in [4.78, 5) is 16.4. The summed E-state index contributed by atoms with van der Waals surface area (Å²) in [6, 6.07) is 6.57. The Labute approximate surface area is 192 Å². The van der Waals surface area contributed by atoms with Gasteiger partial charge < -0.3 is 22.1 Å². The lowest BCUT2D eigenvalue weighted by Gasteiger charge is -2.25. The van der Waals surface area contributed by atoms with Crippen LogP contribution < -0.4 is 22.1 Å². The first-order valence-corrected chi connectivity index (χ1v) is 11.4. The maximum atomic E-state index is 14.8. The summed E-state index contributed by atoms with van der Waals surface area (Å²) in [7, 11) is 1.93. The van der Waals surface area contributed by atoms with Gasteiger partial charge in [-0.1, -0.05) is 13.8 Å². The fourth-order valence-electron chi connectivity index (χ4n) is 4.13. The molecule has 2 heterocycles. The van der Waals surface area contributed by atoms with Crippen LogP contribution in [0.5, 0.6) is 0 Å². The van der Waals surface area contributed by atoms with Crippen LogP contribution in [0.2, 0.25) is 0 Å². The Morgan fingerprint density at radius 2 is 1.97 bits per heavy atom. The number of carbonyl (C=O) groups excluding carboxylic acids is 1. The standard InChI is InChI=1S/C24H32FN7O/c1-12(2)9-19(13(3)26)29-24-18(25)11-17(22(27)33)23(30-24)28-15-7-8-20-16(10-15)21(14-5-6-14)31-32(20)4/h7-8,10-14,19H,5-6,9,26H2,1-4H3,(H2,27,33)(H2,28,29,30). The van der Waals surface area contributed by atoms with Crippen molar-refractivity contribution in [2.24, 2.45) is 24.4 Å². The maximum Gasteiger partial charge on any atom is 0.252 e. The molecule has 0 aliphatic heterocycles. The van der Waals surface area contributed by atoms with Gasteiger partial charge in [0.1, 0.15) is 5.82 Å². The fraction of sp³-hybridized carbons (Fsp3) is 0.458. The molecule has 8 nitrogen and oxygen atoms in total. The van der Waals surface area contributed by atoms with E-state index in [1.165, 1.54) is 0 Å². The highest BCUT2D eigenvalue weighted by molar-refractivity contribution is 5.99. The molecule has 1 aromatic carbocycles. The summed E-state index contributed by atoms with van der Waals surface area (Å²) in [5.74, 6) is -0.334. The van der Waals surface area contributed by atoms with E-state index in [-0.39, 0.29) is 29.3 Å². The van der Waals surface area contributed by atoms with Crippen LogP contribution in [0.1, 0.15) is 62.0 Å². The van der Waals surface area contributed by atoms with Crippen molar-refractivity contribution in [1.82, 2.24) is 14.8 Å². The molecule has 0 saturated heterocycles. The second kappa shape index (κ2) is 8.97. The zero-order valence-corrected chi connectivity index (χ0v) is 19.5. The van der Waals surface area contributed by atoms with E-state index in [0.29, 0.717) is 11.8 Å². The molecule has 2 unspecified atom stereocenters. The van der Waals surface area contributed by atoms with E-state index < -0.39 is 11.7 Å². The van der Waals surface area contributed by atoms with E-state index in [2.05, 4.69) is 34.6 Å². The van der Waals surface area contributed by atoms with E-state index in [4.69, 9.17) is 11.5 Å². The minimum absolute atomic E-state index is 0.0204. The second-order valence-corrected chi connectivity index (χ2v) is 9.46. The number of primary amides is 1. The van der Waals surface area contributed by atoms with Crippen LogP contribution in [-0.4, -0.2) is 32.8 Å². The van der Waals surface area contributed by atoms with E-state index in [0.717, 1.165) is 47.6 Å². The van der Waals surface area contributed by atoms with Gasteiger partial charge in [-0.2, -0.15) is 5.10 Å². The monoisotopic (exact) mass is 453 g/mol. The van der Waals surface area contributed by atoms with Crippen LogP contribution in [0.3, 0.4) is 0 Å². The molecule has 0 bridgehead atoms. The first-order chi connectivity index (χ1) is 15.6. The molecule has 0 radical (unpaired) electrons. The molecular weight excluding hydrogens is 421 g/mol. The van der Waals surface area contributed by atoms with E-state index in [9.17, 15) is 9.18 Å². The summed E-state index contributed by atoms with van der Waals surface area (Å²) in [5.41, 5.74) is 14.4. The Bertz CT molecular complexity index is 1180. The molecule has 176 valence electrons. The number of hydrogen-bond donors (Lipinski definition) is 4. The molecule has 2 atom stereocenters. The van der Waals surface area contributed by atoms with Crippen LogP contribution in [-0.2, 0) is 7.05 Å². The molecule has 9 heteroatoms. The summed E-state index contributed by atoms with van der Waals surface area (Å²) in [6.07, 6.45) is 3.03. The number of hydrogen-bond acceptors (Lipinski definition) is 6. The third-order valence-electron chi connectivity index (χ3n) is 6.03. The van der Waals surface area contributed by atoms with Crippen molar-refractivity contribution < 1.29 is 9.18 Å². The van der Waals surface area contributed by atoms with E-state index in [1.54, 1.807) is 0 Å². The van der Waals surface area contributed by atoms with Gasteiger partial charge in [0.15, 0.2) is 11.6 Å². The van der Waals surface area contributed by atoms with Crippen molar-refractivity contribution in [3.8, 4) is 0 Å². The Hall–Kier alpha value is -3.20. The Kier molecular flexibility index (Phi) is 6.25. The number of benzene rings is 1. The molecular formula is C24H32FN7O. The normalized spacial score (nSPS) is 15.6. The van der Waals surface area contributed by atoms with Crippen molar-refractivity contribution in [2.75, 3.05) is 10.6 Å². The largest absolute Gasteiger partial charge is 0.365 e. The Morgan fingerprint density at radius 3 is 2.58 bits per heavy atom. The van der Waals surface area contributed by atoms with Crippen LogP contribution in [0.25, 0.3) is 10.9 Å². The molecule has 3 aromatic rings. The van der Waals surface area contributed by atoms with Crippen molar-refractivity contribution in [3.63, 3.8) is 0 Å². The minimum Gasteiger partial charge on any atom is -0.365 e. The number of nitrogens with one attached hydrogen (secondary N) is 2. The van der Waals surface area contributed by atoms with E-state index >= 15 is 0 Å². The second-order valence-electron chi connectivity index (χ2n) is 9.46. The molecule has 1 saturated carbocycles. The third kappa shape index (κ3) is 4.93. The van der Waals surface area contributed by atoms with Gasteiger partial charge in [0.05, 0.1) is 16.8 Å². The lowest BCUT2D eigenvalue weighted by molar-refractivity contribution is 0.100. The molecule has 1 aliphatic rings. The topological polar surface area (TPSA) is 124 Å². The number of carbonyl (C=O) groups is 1. The van der Waals surface area contributed by atoms with Gasteiger partial charge in [-0.25, -0.2) is 9.37 Å². The number of halogens is 1. The first kappa shape index (κ1) is 23.0. The van der Waals surface area contributed by atoms with Gasteiger partial charge >= 0.3 is 0 Å². The van der Waals surface area contributed by atoms with Crippen LogP contribution in [0.4, 0.5) is 21.7 Å². The van der Waals surface area contributed by atoms with Gasteiger partial charge in [0, 0.05) is 36.1 Å². The van der Waals surface area contributed by atoms with E-state index in [1.807, 2.05) is 36.9 Å². The average molecular weight is 454 g/mol. The number of nitrogens with zero attached hydrogens (tertiary/aromatic N) is 3. The van der Waals surface area contributed by atoms with Crippen molar-refractivity contribution in [2.45, 2.75) is 58.0 Å². The summed E-state index contributed by atoms with van der Waals surface area (Å²) in [6.45, 7) is 6.03. The molecule has 33 heavy (non-hydrogen) atoms. The lowest BCUT2D eigenvalue weighted by atomic mass is 9.99. The number of fused-ring (bicyclic) bond motifs is 1. The summed E-state index contributed by atoms with van der Waals surface area (Å²) >= 11 is 0. The SMILES string of the molecule is CC(C)CC(Nc1nc(Nc2ccc3c(c2)c(C2CC2)nn3C)c(C(N)=O)cc1F)C(C)N. The van der Waals surface area contributed by atoms with Crippen molar-refractivity contribution in [1.29, 1.82) is 0 Å². The number of aryl methyl sites for hydroxylation is 1. The molecule has 1 fully saturated rings. The van der Waals surface area contributed by atoms with Crippen LogP contribution >= 0.6 is 0 Å². The van der Waals surface area contributed by atoms with Crippen LogP contribution in [0, 0.1) is 11.7 Å². The highest BCUT2D eigenvalue weighted by atomic mass is 19.1. The predicted molar refractivity (Wildman–Crippen MR) is 129 cm³/mol. The zero-order chi connectivity index (χ0) is 23.9. The van der Waals surface area contributed by atoms with Gasteiger partial charge in [0.2, 0.25) is 0 Å². The number of pyridine rings is 1. The highest BCUT2D eigenvalue weighted by Crippen LogP contribution is 2.43. The van der Waals surface area contributed by atoms with Crippen LogP contribution in [0.15, 0.2) is 24.3 Å². The number of nitrogens with two attached hydrogens (primary N) is 2. The van der Waals surface area contributed by atoms with Gasteiger partial charge in [-0.05, 0) is 56.4 Å². The molecule has 1 amide bonds. The van der Waals surface area contributed by atoms with Crippen molar-refractivity contribution >= 4 is 34.1 Å². The molecule has 0 spiro atoms. The smallest absolute Gasteiger partial charge is 0.252 e. The van der Waals surface area contributed by atoms with Gasteiger partial charge in [-0.3, -0.25) is 9.48 Å². The quantitative estimate of drug-likeness (QED) is 0.388. The molecule has 2 aromatic heterocycles. The number of rotatable bonds is 9. The Balaban J connectivity index is 1.69. The first-order valence-electron chi connectivity index (χ1n) is 11.4. The predicted octanol–water partition coefficient (Wildman–Crippen LogP) is 4.00. The molecule has 4 rings (SSSR count). The maximum absolute atomic E-state index is 14.8. The minimum atomic E-state index is -0.762. The number of anilines is 3. The van der Waals surface area contributed by atoms with Crippen molar-refractivity contribution in [3.05, 3.63) is 41.3 Å². The van der Waals surface area contributed by atoms with Gasteiger partial charge in [-0.15, -0.1) is 0 Å². The zero-order valence-electron chi connectivity index (χ0n) is 19.5. The fourth-order valence-corrected chi connectivity index (χ4v) is 4.13. The summed E-state index contributed by atoms with van der Waals surface area (Å²) < 4.78 is 16.7. The number of aromatic nitrogens is 3. The Morgan fingerprint density at radius 1 is 1.24 bits per heavy atom. The number of amides is 1. The highest BCUT2D eigenvalue weighted by Gasteiger charge is 2.29. The molecule has 6 N–H and O–H groups in total. The molecule has 1 aliphatic carbocycles. The average Bonchev–Trinajstić information content (AvgIpc) is 3.53. The van der Waals surface area contributed by atoms with Gasteiger partial charge in [0.25, 0.3) is 5.91 Å².